The van der Waals surface area contributed by atoms with Gasteiger partial charge in [-0.3, -0.25) is 4.79 Å². The number of carbonyl (C=O) groups is 1. The maximum Gasteiger partial charge on any atom is 0.225 e. The van der Waals surface area contributed by atoms with Gasteiger partial charge in [-0.2, -0.15) is 0 Å². The van der Waals surface area contributed by atoms with E-state index < -0.39 is 0 Å². The third-order valence-electron chi connectivity index (χ3n) is 1.89. The molecular weight excluding hydrogens is 172 g/mol. The maximum atomic E-state index is 11.0. The number of aryl methyl sites for hydroxylation is 1. The lowest BCUT2D eigenvalue weighted by atomic mass is 10.1. The zero-order chi connectivity index (χ0) is 8.55. The number of aromatic amines is 1. The molecule has 0 bridgehead atoms. The summed E-state index contributed by atoms with van der Waals surface area (Å²) in [7, 11) is 0. The largest absolute Gasteiger partial charge is 0.333 e. The molecule has 12 heavy (non-hydrogen) atoms. The lowest BCUT2D eigenvalue weighted by Crippen LogP contribution is -2.19. The number of aromatic nitrogens is 1. The Balaban J connectivity index is 2.50. The number of fused-ring (bicyclic) bond motifs is 1. The van der Waals surface area contributed by atoms with Crippen molar-refractivity contribution in [1.82, 2.24) is 4.98 Å². The van der Waals surface area contributed by atoms with Crippen molar-refractivity contribution in [2.75, 3.05) is 5.32 Å². The Morgan fingerprint density at radius 1 is 1.33 bits per heavy atom. The zero-order valence-corrected chi connectivity index (χ0v) is 7.20. The molecule has 0 saturated heterocycles. The Bertz CT molecular complexity index is 383. The van der Waals surface area contributed by atoms with Crippen LogP contribution in [-0.2, 0) is 11.2 Å². The number of rotatable bonds is 0. The van der Waals surface area contributed by atoms with Crippen molar-refractivity contribution in [1.29, 1.82) is 0 Å². The van der Waals surface area contributed by atoms with Gasteiger partial charge in [0.1, 0.15) is 10.5 Å². The molecule has 1 aromatic heterocycles. The van der Waals surface area contributed by atoms with Crippen LogP contribution in [0, 0.1) is 4.64 Å². The summed E-state index contributed by atoms with van der Waals surface area (Å²) in [4.78, 5) is 13.9. The number of hydrogen-bond donors (Lipinski definition) is 2. The maximum absolute atomic E-state index is 11.0. The molecule has 62 valence electrons. The molecule has 2 rings (SSSR count). The van der Waals surface area contributed by atoms with Crippen LogP contribution in [0.1, 0.15) is 12.0 Å². The van der Waals surface area contributed by atoms with E-state index >= 15 is 0 Å². The van der Waals surface area contributed by atoms with Gasteiger partial charge in [0, 0.05) is 6.42 Å². The summed E-state index contributed by atoms with van der Waals surface area (Å²) in [6, 6.07) is 3.79. The minimum atomic E-state index is 0.0550. The van der Waals surface area contributed by atoms with Crippen LogP contribution in [0.25, 0.3) is 0 Å². The van der Waals surface area contributed by atoms with Gasteiger partial charge < -0.3 is 10.3 Å². The van der Waals surface area contributed by atoms with Crippen molar-refractivity contribution in [3.63, 3.8) is 0 Å². The molecule has 0 fully saturated rings. The van der Waals surface area contributed by atoms with Crippen LogP contribution in [-0.4, -0.2) is 10.9 Å². The molecule has 0 unspecified atom stereocenters. The van der Waals surface area contributed by atoms with Crippen molar-refractivity contribution >= 4 is 23.9 Å². The predicted molar refractivity (Wildman–Crippen MR) is 48.6 cm³/mol. The number of H-pyrrole nitrogens is 1. The number of pyridine rings is 1. The summed E-state index contributed by atoms with van der Waals surface area (Å²) in [5.41, 5.74) is 1.13. The van der Waals surface area contributed by atoms with Crippen molar-refractivity contribution < 1.29 is 4.79 Å². The van der Waals surface area contributed by atoms with Gasteiger partial charge in [0.25, 0.3) is 0 Å². The molecule has 0 aliphatic carbocycles. The van der Waals surface area contributed by atoms with Gasteiger partial charge in [-0.1, -0.05) is 18.3 Å². The smallest absolute Gasteiger partial charge is 0.225 e. The van der Waals surface area contributed by atoms with Gasteiger partial charge in [0.2, 0.25) is 5.91 Å². The Morgan fingerprint density at radius 2 is 2.17 bits per heavy atom. The lowest BCUT2D eigenvalue weighted by molar-refractivity contribution is -0.116. The van der Waals surface area contributed by atoms with Crippen molar-refractivity contribution in [2.45, 2.75) is 12.8 Å². The number of amides is 1. The van der Waals surface area contributed by atoms with E-state index in [2.05, 4.69) is 10.3 Å². The fourth-order valence-electron chi connectivity index (χ4n) is 1.27. The Kier molecular flexibility index (Phi) is 1.69. The van der Waals surface area contributed by atoms with Crippen LogP contribution in [0.5, 0.6) is 0 Å². The van der Waals surface area contributed by atoms with Gasteiger partial charge >= 0.3 is 0 Å². The predicted octanol–water partition coefficient (Wildman–Crippen LogP) is 1.63. The highest BCUT2D eigenvalue weighted by atomic mass is 32.1. The average Bonchev–Trinajstić information content (AvgIpc) is 2.03. The third kappa shape index (κ3) is 1.25. The minimum absolute atomic E-state index is 0.0550. The highest BCUT2D eigenvalue weighted by molar-refractivity contribution is 7.71. The van der Waals surface area contributed by atoms with Crippen LogP contribution in [0.2, 0.25) is 0 Å². The molecular formula is C8H8N2OS. The van der Waals surface area contributed by atoms with Gasteiger partial charge in [0.05, 0.1) is 0 Å². The number of carbonyl (C=O) groups excluding carboxylic acids is 1. The molecule has 0 saturated carbocycles. The van der Waals surface area contributed by atoms with E-state index in [1.54, 1.807) is 0 Å². The fourth-order valence-corrected chi connectivity index (χ4v) is 1.44. The molecule has 2 N–H and O–H groups in total. The standard InChI is InChI=1S/C8H8N2OS/c11-6-3-1-5-2-4-7(12)10-8(5)9-6/h2,4H,1,3H2,(H2,9,10,11,12). The number of hydrogen-bond acceptors (Lipinski definition) is 2. The SMILES string of the molecule is O=C1CCc2ccc(=S)[nH]c2N1. The van der Waals surface area contributed by atoms with E-state index in [-0.39, 0.29) is 5.91 Å². The van der Waals surface area contributed by atoms with Gasteiger partial charge in [0.15, 0.2) is 0 Å². The van der Waals surface area contributed by atoms with E-state index in [1.807, 2.05) is 12.1 Å². The zero-order valence-electron chi connectivity index (χ0n) is 6.39. The van der Waals surface area contributed by atoms with Crippen LogP contribution < -0.4 is 5.32 Å². The van der Waals surface area contributed by atoms with E-state index in [4.69, 9.17) is 12.2 Å². The van der Waals surface area contributed by atoms with Gasteiger partial charge in [-0.15, -0.1) is 0 Å². The van der Waals surface area contributed by atoms with E-state index in [0.717, 1.165) is 17.8 Å². The second-order valence-corrected chi connectivity index (χ2v) is 3.21. The second kappa shape index (κ2) is 2.71. The van der Waals surface area contributed by atoms with Crippen molar-refractivity contribution in [3.8, 4) is 0 Å². The lowest BCUT2D eigenvalue weighted by Gasteiger charge is -2.15. The van der Waals surface area contributed by atoms with E-state index in [0.29, 0.717) is 11.1 Å². The van der Waals surface area contributed by atoms with Crippen LogP contribution in [0.4, 0.5) is 5.82 Å². The van der Waals surface area contributed by atoms with Crippen molar-refractivity contribution in [2.24, 2.45) is 0 Å². The molecule has 1 aliphatic rings. The summed E-state index contributed by atoms with van der Waals surface area (Å²) in [5.74, 6) is 0.818. The molecule has 0 atom stereocenters. The van der Waals surface area contributed by atoms with Crippen LogP contribution in [0.15, 0.2) is 12.1 Å². The molecule has 1 amide bonds. The summed E-state index contributed by atoms with van der Waals surface area (Å²) < 4.78 is 0.649. The highest BCUT2D eigenvalue weighted by Gasteiger charge is 2.13. The normalized spacial score (nSPS) is 15.2. The molecule has 1 aromatic rings. The topological polar surface area (TPSA) is 44.9 Å². The Hall–Kier alpha value is -1.16. The van der Waals surface area contributed by atoms with Crippen molar-refractivity contribution in [3.05, 3.63) is 22.3 Å². The number of anilines is 1. The molecule has 4 heteroatoms. The average molecular weight is 180 g/mol. The molecule has 2 heterocycles. The highest BCUT2D eigenvalue weighted by Crippen LogP contribution is 2.18. The second-order valence-electron chi connectivity index (χ2n) is 2.77. The Morgan fingerprint density at radius 3 is 3.00 bits per heavy atom. The first-order chi connectivity index (χ1) is 5.75. The summed E-state index contributed by atoms with van der Waals surface area (Å²) in [6.45, 7) is 0. The molecule has 0 spiro atoms. The first kappa shape index (κ1) is 7.49. The monoisotopic (exact) mass is 180 g/mol. The summed E-state index contributed by atoms with van der Waals surface area (Å²) in [6.07, 6.45) is 1.37. The quantitative estimate of drug-likeness (QED) is 0.596. The Labute approximate surface area is 74.8 Å². The molecule has 0 radical (unpaired) electrons. The van der Waals surface area contributed by atoms with E-state index in [1.165, 1.54) is 0 Å². The number of nitrogens with one attached hydrogen (secondary N) is 2. The summed E-state index contributed by atoms with van der Waals surface area (Å²) >= 11 is 4.93. The summed E-state index contributed by atoms with van der Waals surface area (Å²) in [5, 5.41) is 2.74. The molecule has 3 nitrogen and oxygen atoms in total. The fraction of sp³-hybridized carbons (Fsp3) is 0.250. The minimum Gasteiger partial charge on any atom is -0.333 e. The van der Waals surface area contributed by atoms with E-state index in [9.17, 15) is 4.79 Å². The first-order valence-corrected chi connectivity index (χ1v) is 4.18. The molecule has 1 aliphatic heterocycles. The van der Waals surface area contributed by atoms with Crippen LogP contribution >= 0.6 is 12.2 Å². The molecule has 0 aromatic carbocycles. The van der Waals surface area contributed by atoms with Crippen LogP contribution in [0.3, 0.4) is 0 Å². The van der Waals surface area contributed by atoms with Gasteiger partial charge in [-0.25, -0.2) is 0 Å². The van der Waals surface area contributed by atoms with Gasteiger partial charge in [-0.05, 0) is 18.1 Å². The first-order valence-electron chi connectivity index (χ1n) is 3.78. The third-order valence-corrected chi connectivity index (χ3v) is 2.13.